The average Bonchev–Trinajstić information content (AvgIpc) is 2.60. The van der Waals surface area contributed by atoms with Crippen LogP contribution >= 0.6 is 0 Å². The van der Waals surface area contributed by atoms with E-state index in [-0.39, 0.29) is 19.6 Å². The summed E-state index contributed by atoms with van der Waals surface area (Å²) in [5, 5.41) is 18.1. The van der Waals surface area contributed by atoms with E-state index in [0.29, 0.717) is 10.8 Å². The van der Waals surface area contributed by atoms with Gasteiger partial charge in [0.05, 0.1) is 12.2 Å². The van der Waals surface area contributed by atoms with Crippen LogP contribution in [0.1, 0.15) is 142 Å². The van der Waals surface area contributed by atoms with Crippen LogP contribution in [0, 0.1) is 22.7 Å². The Bertz CT molecular complexity index is 273. The highest BCUT2D eigenvalue weighted by Gasteiger charge is 2.26. The van der Waals surface area contributed by atoms with Gasteiger partial charge >= 0.3 is 0 Å². The molecule has 29 heavy (non-hydrogen) atoms. The Kier molecular flexibility index (Phi) is 24.9. The number of hydrogen-bond donors (Lipinski definition) is 2. The standard InChI is InChI=1S/C8H18.2C7H14O.2C2H6.CH4/c1-7(2,3)8(4,5)6;1-6-2-4-7(8)5-3-6;1-6-3-2-4-7(8)5-6;2*1-2;/h1-6H3;2*6-8H,2-5H2,1H3;2*1-2H3;1H4/t;;6-,7+;;;/m..1.../s1. The van der Waals surface area contributed by atoms with Crippen molar-refractivity contribution in [2.75, 3.05) is 0 Å². The van der Waals surface area contributed by atoms with Crippen LogP contribution in [-0.2, 0) is 0 Å². The monoisotopic (exact) mass is 418 g/mol. The van der Waals surface area contributed by atoms with Crippen LogP contribution < -0.4 is 0 Å². The molecule has 2 saturated carbocycles. The van der Waals surface area contributed by atoms with Crippen LogP contribution in [0.2, 0.25) is 0 Å². The van der Waals surface area contributed by atoms with Crippen LogP contribution in [0.25, 0.3) is 0 Å². The lowest BCUT2D eigenvalue weighted by Gasteiger charge is -2.34. The maximum absolute atomic E-state index is 9.08. The topological polar surface area (TPSA) is 40.5 Å². The fraction of sp³-hybridized carbons (Fsp3) is 1.00. The van der Waals surface area contributed by atoms with Gasteiger partial charge in [-0.1, -0.05) is 103 Å². The van der Waals surface area contributed by atoms with Gasteiger partial charge in [-0.15, -0.1) is 0 Å². The summed E-state index contributed by atoms with van der Waals surface area (Å²) in [5.74, 6) is 1.62. The predicted molar refractivity (Wildman–Crippen MR) is 136 cm³/mol. The fourth-order valence-electron chi connectivity index (χ4n) is 2.64. The highest BCUT2D eigenvalue weighted by Crippen LogP contribution is 2.36. The van der Waals surface area contributed by atoms with Gasteiger partial charge in [-0.3, -0.25) is 0 Å². The summed E-state index contributed by atoms with van der Waals surface area (Å²) in [5.41, 5.74) is 0.875. The van der Waals surface area contributed by atoms with Crippen molar-refractivity contribution in [1.29, 1.82) is 0 Å². The molecule has 0 aromatic carbocycles. The van der Waals surface area contributed by atoms with E-state index in [2.05, 4.69) is 55.4 Å². The number of aliphatic hydroxyl groups is 2. The molecule has 2 N–H and O–H groups in total. The van der Waals surface area contributed by atoms with E-state index in [1.165, 1.54) is 25.7 Å². The quantitative estimate of drug-likeness (QED) is 0.412. The SMILES string of the molecule is C.CC.CC.CC(C)(C)C(C)(C)C.CC1CCC(O)CC1.C[C@@H]1CCC[C@H](O)C1. The summed E-state index contributed by atoms with van der Waals surface area (Å²) < 4.78 is 0. The van der Waals surface area contributed by atoms with Crippen LogP contribution in [0.4, 0.5) is 0 Å². The molecule has 2 aliphatic rings. The Hall–Kier alpha value is -0.0800. The van der Waals surface area contributed by atoms with Gasteiger partial charge in [-0.05, 0) is 61.2 Å². The summed E-state index contributed by atoms with van der Waals surface area (Å²) in [6.45, 7) is 26.1. The maximum atomic E-state index is 9.08. The maximum Gasteiger partial charge on any atom is 0.0542 e. The van der Waals surface area contributed by atoms with Gasteiger partial charge in [0, 0.05) is 0 Å². The molecule has 0 saturated heterocycles. The van der Waals surface area contributed by atoms with Gasteiger partial charge < -0.3 is 10.2 Å². The van der Waals surface area contributed by atoms with Crippen LogP contribution in [0.15, 0.2) is 0 Å². The van der Waals surface area contributed by atoms with Gasteiger partial charge in [-0.2, -0.15) is 0 Å². The van der Waals surface area contributed by atoms with Gasteiger partial charge in [0.1, 0.15) is 0 Å². The summed E-state index contributed by atoms with van der Waals surface area (Å²) >= 11 is 0. The van der Waals surface area contributed by atoms with Gasteiger partial charge in [-0.25, -0.2) is 0 Å². The Morgan fingerprint density at radius 3 is 1.14 bits per heavy atom. The Balaban J connectivity index is -0.000000146. The van der Waals surface area contributed by atoms with Crippen LogP contribution in [0.5, 0.6) is 0 Å². The summed E-state index contributed by atoms with van der Waals surface area (Å²) in [4.78, 5) is 0. The van der Waals surface area contributed by atoms with Crippen molar-refractivity contribution < 1.29 is 10.2 Å². The first-order valence-corrected chi connectivity index (χ1v) is 12.2. The lowest BCUT2D eigenvalue weighted by molar-refractivity contribution is 0.106. The zero-order chi connectivity index (χ0) is 23.0. The molecule has 2 heteroatoms. The van der Waals surface area contributed by atoms with Crippen molar-refractivity contribution in [2.24, 2.45) is 22.7 Å². The first-order chi connectivity index (χ1) is 12.8. The van der Waals surface area contributed by atoms with E-state index in [9.17, 15) is 0 Å². The van der Waals surface area contributed by atoms with E-state index in [0.717, 1.165) is 37.5 Å². The number of hydrogen-bond acceptors (Lipinski definition) is 2. The molecular weight excluding hydrogens is 356 g/mol. The van der Waals surface area contributed by atoms with E-state index < -0.39 is 0 Å². The average molecular weight is 419 g/mol. The molecule has 2 aliphatic carbocycles. The predicted octanol–water partition coefficient (Wildman–Crippen LogP) is 8.88. The third-order valence-electron chi connectivity index (χ3n) is 6.14. The van der Waals surface area contributed by atoms with Gasteiger partial charge in [0.15, 0.2) is 0 Å². The molecule has 0 spiro atoms. The minimum Gasteiger partial charge on any atom is -0.393 e. The molecule has 0 aromatic heterocycles. The lowest BCUT2D eigenvalue weighted by atomic mass is 9.71. The number of aliphatic hydroxyl groups excluding tert-OH is 2. The van der Waals surface area contributed by atoms with Crippen molar-refractivity contribution in [1.82, 2.24) is 0 Å². The zero-order valence-electron chi connectivity index (χ0n) is 21.9. The van der Waals surface area contributed by atoms with Crippen molar-refractivity contribution in [3.8, 4) is 0 Å². The highest BCUT2D eigenvalue weighted by atomic mass is 16.3. The second-order valence-electron chi connectivity index (χ2n) is 10.3. The first-order valence-electron chi connectivity index (χ1n) is 12.2. The Morgan fingerprint density at radius 2 is 0.931 bits per heavy atom. The third kappa shape index (κ3) is 22.4. The van der Waals surface area contributed by atoms with E-state index in [1.54, 1.807) is 0 Å². The van der Waals surface area contributed by atoms with E-state index >= 15 is 0 Å². The number of rotatable bonds is 0. The molecule has 0 aliphatic heterocycles. The Labute approximate surface area is 187 Å². The smallest absolute Gasteiger partial charge is 0.0542 e. The third-order valence-corrected chi connectivity index (χ3v) is 6.14. The summed E-state index contributed by atoms with van der Waals surface area (Å²) in [6.07, 6.45) is 9.14. The molecular formula is C27H62O2. The van der Waals surface area contributed by atoms with Gasteiger partial charge in [0.2, 0.25) is 0 Å². The summed E-state index contributed by atoms with van der Waals surface area (Å²) in [6, 6.07) is 0. The molecule has 2 fully saturated rings. The van der Waals surface area contributed by atoms with Crippen molar-refractivity contribution >= 4 is 0 Å². The van der Waals surface area contributed by atoms with Crippen LogP contribution in [0.3, 0.4) is 0 Å². The van der Waals surface area contributed by atoms with Gasteiger partial charge in [0.25, 0.3) is 0 Å². The van der Waals surface area contributed by atoms with Crippen molar-refractivity contribution in [3.63, 3.8) is 0 Å². The first kappa shape index (κ1) is 36.3. The molecule has 0 heterocycles. The molecule has 0 amide bonds. The van der Waals surface area contributed by atoms with Crippen molar-refractivity contribution in [2.45, 2.75) is 154 Å². The normalized spacial score (nSPS) is 26.3. The van der Waals surface area contributed by atoms with E-state index in [1.807, 2.05) is 27.7 Å². The molecule has 2 atom stereocenters. The largest absolute Gasteiger partial charge is 0.393 e. The molecule has 0 radical (unpaired) electrons. The minimum atomic E-state index is 0. The molecule has 0 aromatic rings. The zero-order valence-corrected chi connectivity index (χ0v) is 21.9. The second kappa shape index (κ2) is 19.9. The molecule has 182 valence electrons. The molecule has 2 nitrogen and oxygen atoms in total. The Morgan fingerprint density at radius 1 is 0.552 bits per heavy atom. The molecule has 2 rings (SSSR count). The molecule has 0 bridgehead atoms. The lowest BCUT2D eigenvalue weighted by Crippen LogP contribution is -2.25. The minimum absolute atomic E-state index is 0. The van der Waals surface area contributed by atoms with Crippen molar-refractivity contribution in [3.05, 3.63) is 0 Å². The summed E-state index contributed by atoms with van der Waals surface area (Å²) in [7, 11) is 0. The second-order valence-corrected chi connectivity index (χ2v) is 10.3. The van der Waals surface area contributed by atoms with E-state index in [4.69, 9.17) is 10.2 Å². The fourth-order valence-corrected chi connectivity index (χ4v) is 2.64. The van der Waals surface area contributed by atoms with Crippen LogP contribution in [-0.4, -0.2) is 22.4 Å². The molecule has 0 unspecified atom stereocenters. The highest BCUT2D eigenvalue weighted by molar-refractivity contribution is 4.77.